The maximum atomic E-state index is 11.5. The van der Waals surface area contributed by atoms with Crippen LogP contribution in [0, 0.1) is 5.41 Å². The molecule has 17 heavy (non-hydrogen) atoms. The zero-order chi connectivity index (χ0) is 12.0. The van der Waals surface area contributed by atoms with Crippen molar-refractivity contribution >= 4 is 18.4 Å². The molecular formula is C13H20ClNO2. The number of carbonyl (C=O) groups excluding carboxylic acids is 1. The molecule has 0 unspecified atom stereocenters. The standard InChI is InChI=1S/C13H19NO2.ClH/c1-13(2,10-14)8-12(15)16-9-11-6-4-3-5-7-11;/h3-7H,8-10,14H2,1-2H3;1H. The molecule has 0 fully saturated rings. The molecule has 0 radical (unpaired) electrons. The third-order valence-corrected chi connectivity index (χ3v) is 2.42. The summed E-state index contributed by atoms with van der Waals surface area (Å²) in [5.74, 6) is -0.195. The highest BCUT2D eigenvalue weighted by molar-refractivity contribution is 5.85. The average Bonchev–Trinajstić information content (AvgIpc) is 2.27. The molecule has 1 rings (SSSR count). The van der Waals surface area contributed by atoms with Crippen LogP contribution in [-0.2, 0) is 16.1 Å². The molecule has 4 heteroatoms. The van der Waals surface area contributed by atoms with E-state index in [2.05, 4.69) is 0 Å². The first kappa shape index (κ1) is 15.9. The second-order valence-electron chi connectivity index (χ2n) is 4.69. The van der Waals surface area contributed by atoms with Crippen molar-refractivity contribution < 1.29 is 9.53 Å². The molecule has 0 aliphatic carbocycles. The van der Waals surface area contributed by atoms with E-state index >= 15 is 0 Å². The van der Waals surface area contributed by atoms with Gasteiger partial charge in [0.05, 0.1) is 6.42 Å². The summed E-state index contributed by atoms with van der Waals surface area (Å²) in [6, 6.07) is 9.64. The molecule has 0 aliphatic heterocycles. The topological polar surface area (TPSA) is 52.3 Å². The maximum absolute atomic E-state index is 11.5. The lowest BCUT2D eigenvalue weighted by molar-refractivity contribution is -0.147. The number of rotatable bonds is 5. The summed E-state index contributed by atoms with van der Waals surface area (Å²) >= 11 is 0. The summed E-state index contributed by atoms with van der Waals surface area (Å²) in [5.41, 5.74) is 6.37. The van der Waals surface area contributed by atoms with Gasteiger partial charge in [-0.1, -0.05) is 44.2 Å². The molecule has 0 atom stereocenters. The third-order valence-electron chi connectivity index (χ3n) is 2.42. The number of halogens is 1. The lowest BCUT2D eigenvalue weighted by atomic mass is 9.90. The van der Waals surface area contributed by atoms with Crippen molar-refractivity contribution in [2.75, 3.05) is 6.54 Å². The van der Waals surface area contributed by atoms with Crippen molar-refractivity contribution in [3.63, 3.8) is 0 Å². The van der Waals surface area contributed by atoms with E-state index in [4.69, 9.17) is 10.5 Å². The number of esters is 1. The minimum Gasteiger partial charge on any atom is -0.461 e. The Balaban J connectivity index is 0.00000256. The SMILES string of the molecule is CC(C)(CN)CC(=O)OCc1ccccc1.Cl. The summed E-state index contributed by atoms with van der Waals surface area (Å²) in [6.45, 7) is 4.72. The van der Waals surface area contributed by atoms with E-state index in [0.717, 1.165) is 5.56 Å². The highest BCUT2D eigenvalue weighted by atomic mass is 35.5. The van der Waals surface area contributed by atoms with Crippen LogP contribution in [0.4, 0.5) is 0 Å². The molecule has 1 aromatic rings. The van der Waals surface area contributed by atoms with E-state index in [1.165, 1.54) is 0 Å². The second kappa shape index (κ2) is 7.30. The quantitative estimate of drug-likeness (QED) is 0.825. The predicted molar refractivity (Wildman–Crippen MR) is 70.9 cm³/mol. The van der Waals surface area contributed by atoms with Crippen LogP contribution in [0.3, 0.4) is 0 Å². The molecule has 2 N–H and O–H groups in total. The minimum atomic E-state index is -0.195. The number of ether oxygens (including phenoxy) is 1. The van der Waals surface area contributed by atoms with Crippen LogP contribution in [0.5, 0.6) is 0 Å². The first-order chi connectivity index (χ1) is 7.53. The van der Waals surface area contributed by atoms with E-state index in [-0.39, 0.29) is 23.8 Å². The highest BCUT2D eigenvalue weighted by Crippen LogP contribution is 2.18. The molecule has 1 aromatic carbocycles. The Kier molecular flexibility index (Phi) is 6.85. The minimum absolute atomic E-state index is 0. The molecule has 0 aliphatic rings. The Labute approximate surface area is 109 Å². The lowest BCUT2D eigenvalue weighted by Crippen LogP contribution is -2.27. The maximum Gasteiger partial charge on any atom is 0.306 e. The van der Waals surface area contributed by atoms with Crippen molar-refractivity contribution in [2.45, 2.75) is 26.9 Å². The second-order valence-corrected chi connectivity index (χ2v) is 4.69. The smallest absolute Gasteiger partial charge is 0.306 e. The van der Waals surface area contributed by atoms with Gasteiger partial charge in [-0.2, -0.15) is 0 Å². The number of hydrogen-bond acceptors (Lipinski definition) is 3. The Hall–Kier alpha value is -1.06. The van der Waals surface area contributed by atoms with Crippen molar-refractivity contribution in [1.82, 2.24) is 0 Å². The summed E-state index contributed by atoms with van der Waals surface area (Å²) in [6.07, 6.45) is 0.357. The van der Waals surface area contributed by atoms with Crippen molar-refractivity contribution in [3.05, 3.63) is 35.9 Å². The number of carbonyl (C=O) groups is 1. The predicted octanol–water partition coefficient (Wildman–Crippen LogP) is 2.53. The van der Waals surface area contributed by atoms with Gasteiger partial charge in [0.15, 0.2) is 0 Å². The Morgan fingerprint density at radius 2 is 1.88 bits per heavy atom. The molecule has 0 bridgehead atoms. The van der Waals surface area contributed by atoms with Gasteiger partial charge in [0.25, 0.3) is 0 Å². The lowest BCUT2D eigenvalue weighted by Gasteiger charge is -2.20. The van der Waals surface area contributed by atoms with Crippen LogP contribution >= 0.6 is 12.4 Å². The summed E-state index contributed by atoms with van der Waals surface area (Å²) < 4.78 is 5.17. The zero-order valence-electron chi connectivity index (χ0n) is 10.3. The molecule has 0 aromatic heterocycles. The van der Waals surface area contributed by atoms with E-state index in [1.54, 1.807) is 0 Å². The van der Waals surface area contributed by atoms with Crippen molar-refractivity contribution in [1.29, 1.82) is 0 Å². The summed E-state index contributed by atoms with van der Waals surface area (Å²) in [4.78, 5) is 11.5. The molecular weight excluding hydrogens is 238 g/mol. The molecule has 0 heterocycles. The van der Waals surface area contributed by atoms with Gasteiger partial charge < -0.3 is 10.5 Å². The zero-order valence-corrected chi connectivity index (χ0v) is 11.1. The first-order valence-electron chi connectivity index (χ1n) is 5.43. The number of hydrogen-bond donors (Lipinski definition) is 1. The fourth-order valence-corrected chi connectivity index (χ4v) is 1.25. The summed E-state index contributed by atoms with van der Waals surface area (Å²) in [5, 5.41) is 0. The highest BCUT2D eigenvalue weighted by Gasteiger charge is 2.20. The number of nitrogens with two attached hydrogens (primary N) is 1. The molecule has 3 nitrogen and oxygen atoms in total. The van der Waals surface area contributed by atoms with Gasteiger partial charge in [0.2, 0.25) is 0 Å². The van der Waals surface area contributed by atoms with Crippen LogP contribution in [0.1, 0.15) is 25.8 Å². The Bertz CT molecular complexity index is 339. The van der Waals surface area contributed by atoms with E-state index in [1.807, 2.05) is 44.2 Å². The first-order valence-corrected chi connectivity index (χ1v) is 5.43. The Morgan fingerprint density at radius 3 is 2.41 bits per heavy atom. The molecule has 0 spiro atoms. The van der Waals surface area contributed by atoms with Crippen LogP contribution in [-0.4, -0.2) is 12.5 Å². The van der Waals surface area contributed by atoms with Gasteiger partial charge in [0, 0.05) is 0 Å². The van der Waals surface area contributed by atoms with Gasteiger partial charge in [0.1, 0.15) is 6.61 Å². The largest absolute Gasteiger partial charge is 0.461 e. The fourth-order valence-electron chi connectivity index (χ4n) is 1.25. The van der Waals surface area contributed by atoms with Gasteiger partial charge in [-0.15, -0.1) is 12.4 Å². The monoisotopic (exact) mass is 257 g/mol. The van der Waals surface area contributed by atoms with Crippen LogP contribution in [0.2, 0.25) is 0 Å². The van der Waals surface area contributed by atoms with Gasteiger partial charge in [-0.05, 0) is 17.5 Å². The summed E-state index contributed by atoms with van der Waals surface area (Å²) in [7, 11) is 0. The Morgan fingerprint density at radius 1 is 1.29 bits per heavy atom. The normalized spacial score (nSPS) is 10.5. The molecule has 0 amide bonds. The fraction of sp³-hybridized carbons (Fsp3) is 0.462. The van der Waals surface area contributed by atoms with Crippen LogP contribution in [0.15, 0.2) is 30.3 Å². The van der Waals surface area contributed by atoms with Gasteiger partial charge in [-0.3, -0.25) is 4.79 Å². The van der Waals surface area contributed by atoms with E-state index in [9.17, 15) is 4.79 Å². The van der Waals surface area contributed by atoms with Crippen molar-refractivity contribution in [3.8, 4) is 0 Å². The van der Waals surface area contributed by atoms with Gasteiger partial charge >= 0.3 is 5.97 Å². The molecule has 96 valence electrons. The number of benzene rings is 1. The van der Waals surface area contributed by atoms with Crippen LogP contribution < -0.4 is 5.73 Å². The van der Waals surface area contributed by atoms with E-state index in [0.29, 0.717) is 19.6 Å². The van der Waals surface area contributed by atoms with E-state index < -0.39 is 0 Å². The van der Waals surface area contributed by atoms with Crippen LogP contribution in [0.25, 0.3) is 0 Å². The van der Waals surface area contributed by atoms with Crippen molar-refractivity contribution in [2.24, 2.45) is 11.1 Å². The average molecular weight is 258 g/mol. The third kappa shape index (κ3) is 6.29. The molecule has 0 saturated carbocycles. The molecule has 0 saturated heterocycles. The van der Waals surface area contributed by atoms with Gasteiger partial charge in [-0.25, -0.2) is 0 Å².